The Morgan fingerprint density at radius 2 is 1.84 bits per heavy atom. The van der Waals surface area contributed by atoms with Crippen LogP contribution in [0.5, 0.6) is 0 Å². The van der Waals surface area contributed by atoms with Crippen molar-refractivity contribution in [1.29, 1.82) is 0 Å². The third kappa shape index (κ3) is 5.52. The molecule has 0 aliphatic rings. The second-order valence-electron chi connectivity index (χ2n) is 6.13. The molecule has 0 spiro atoms. The number of aryl methyl sites for hydroxylation is 2. The number of ketones is 1. The normalized spacial score (nSPS) is 11.6. The molecule has 0 fully saturated rings. The number of aromatic nitrogens is 1. The van der Waals surface area contributed by atoms with Crippen molar-refractivity contribution in [1.82, 2.24) is 14.6 Å². The van der Waals surface area contributed by atoms with Crippen molar-refractivity contribution in [3.05, 3.63) is 53.3 Å². The van der Waals surface area contributed by atoms with E-state index in [0.717, 1.165) is 11.3 Å². The lowest BCUT2D eigenvalue weighted by Crippen LogP contribution is -2.27. The average Bonchev–Trinajstić information content (AvgIpc) is 2.92. The van der Waals surface area contributed by atoms with Gasteiger partial charge < -0.3 is 9.88 Å². The third-order valence-corrected chi connectivity index (χ3v) is 5.45. The van der Waals surface area contributed by atoms with Gasteiger partial charge in [0, 0.05) is 37.6 Å². The molecular weight excluding hydrogens is 338 g/mol. The van der Waals surface area contributed by atoms with E-state index in [-0.39, 0.29) is 10.7 Å². The van der Waals surface area contributed by atoms with Crippen LogP contribution in [-0.2, 0) is 23.6 Å². The van der Waals surface area contributed by atoms with Crippen LogP contribution < -0.4 is 10.0 Å². The van der Waals surface area contributed by atoms with Crippen molar-refractivity contribution < 1.29 is 13.2 Å². The number of nitrogens with one attached hydrogen (secondary N) is 2. The Balaban J connectivity index is 1.73. The van der Waals surface area contributed by atoms with Crippen LogP contribution in [0.3, 0.4) is 0 Å². The fraction of sp³-hybridized carbons (Fsp3) is 0.389. The summed E-state index contributed by atoms with van der Waals surface area (Å²) in [4.78, 5) is 11.6. The molecule has 0 unspecified atom stereocenters. The Labute approximate surface area is 149 Å². The number of carbonyl (C=O) groups is 1. The van der Waals surface area contributed by atoms with Gasteiger partial charge in [0.2, 0.25) is 10.0 Å². The molecule has 0 aliphatic heterocycles. The van der Waals surface area contributed by atoms with E-state index >= 15 is 0 Å². The molecule has 0 bridgehead atoms. The minimum Gasteiger partial charge on any atom is -0.353 e. The topological polar surface area (TPSA) is 80.2 Å². The van der Waals surface area contributed by atoms with E-state index in [0.29, 0.717) is 31.6 Å². The van der Waals surface area contributed by atoms with Crippen LogP contribution in [0.1, 0.15) is 35.0 Å². The summed E-state index contributed by atoms with van der Waals surface area (Å²) in [5, 5.41) is 3.26. The molecule has 25 heavy (non-hydrogen) atoms. The van der Waals surface area contributed by atoms with Crippen molar-refractivity contribution in [3.63, 3.8) is 0 Å². The van der Waals surface area contributed by atoms with Crippen molar-refractivity contribution in [2.24, 2.45) is 7.05 Å². The highest BCUT2D eigenvalue weighted by Gasteiger charge is 2.12. The maximum Gasteiger partial charge on any atom is 0.240 e. The third-order valence-electron chi connectivity index (χ3n) is 3.97. The fourth-order valence-corrected chi connectivity index (χ4v) is 3.49. The molecule has 136 valence electrons. The number of sulfonamides is 1. The Kier molecular flexibility index (Phi) is 6.52. The lowest BCUT2D eigenvalue weighted by atomic mass is 10.2. The highest BCUT2D eigenvalue weighted by molar-refractivity contribution is 7.89. The molecule has 0 saturated carbocycles. The van der Waals surface area contributed by atoms with Crippen molar-refractivity contribution >= 4 is 15.8 Å². The monoisotopic (exact) mass is 363 g/mol. The van der Waals surface area contributed by atoms with Crippen LogP contribution in [0.25, 0.3) is 0 Å². The summed E-state index contributed by atoms with van der Waals surface area (Å²) in [6, 6.07) is 8.65. The fourth-order valence-electron chi connectivity index (χ4n) is 2.42. The van der Waals surface area contributed by atoms with Crippen molar-refractivity contribution in [2.45, 2.75) is 31.7 Å². The number of benzene rings is 1. The van der Waals surface area contributed by atoms with E-state index in [4.69, 9.17) is 0 Å². The minimum absolute atomic E-state index is 0.0485. The molecule has 0 saturated heterocycles. The minimum atomic E-state index is -3.45. The van der Waals surface area contributed by atoms with Gasteiger partial charge in [0.05, 0.1) is 4.90 Å². The van der Waals surface area contributed by atoms with E-state index in [9.17, 15) is 13.2 Å². The van der Waals surface area contributed by atoms with Gasteiger partial charge in [-0.25, -0.2) is 13.1 Å². The van der Waals surface area contributed by atoms with E-state index in [1.165, 1.54) is 0 Å². The Hall–Kier alpha value is -1.96. The maximum absolute atomic E-state index is 12.1. The molecular formula is C18H25N3O3S. The number of nitrogens with zero attached hydrogens (tertiary/aromatic N) is 1. The molecule has 0 amide bonds. The van der Waals surface area contributed by atoms with E-state index in [2.05, 4.69) is 10.0 Å². The average molecular weight is 363 g/mol. The van der Waals surface area contributed by atoms with Crippen LogP contribution in [0, 0.1) is 6.92 Å². The molecule has 2 N–H and O–H groups in total. The Morgan fingerprint density at radius 3 is 2.44 bits per heavy atom. The zero-order valence-electron chi connectivity index (χ0n) is 14.9. The summed E-state index contributed by atoms with van der Waals surface area (Å²) in [5.74, 6) is 0.0485. The molecule has 0 atom stereocenters. The second kappa shape index (κ2) is 8.42. The summed E-state index contributed by atoms with van der Waals surface area (Å²) >= 11 is 0. The van der Waals surface area contributed by atoms with Gasteiger partial charge in [-0.05, 0) is 45.0 Å². The summed E-state index contributed by atoms with van der Waals surface area (Å²) in [7, 11) is -1.55. The molecule has 1 aromatic heterocycles. The molecule has 1 aromatic carbocycles. The van der Waals surface area contributed by atoms with Crippen LogP contribution in [0.15, 0.2) is 41.4 Å². The first-order valence-corrected chi connectivity index (χ1v) is 9.71. The van der Waals surface area contributed by atoms with Gasteiger partial charge in [-0.2, -0.15) is 0 Å². The molecule has 2 aromatic rings. The van der Waals surface area contributed by atoms with Crippen LogP contribution in [-0.4, -0.2) is 31.9 Å². The van der Waals surface area contributed by atoms with E-state index < -0.39 is 10.0 Å². The number of carbonyl (C=O) groups excluding carboxylic acids is 1. The lowest BCUT2D eigenvalue weighted by Gasteiger charge is -2.08. The molecule has 6 nitrogen and oxygen atoms in total. The molecule has 0 aliphatic carbocycles. The number of hydrogen-bond donors (Lipinski definition) is 2. The lowest BCUT2D eigenvalue weighted by molar-refractivity contribution is 0.101. The molecule has 7 heteroatoms. The van der Waals surface area contributed by atoms with Crippen molar-refractivity contribution in [2.75, 3.05) is 13.1 Å². The first kappa shape index (κ1) is 19.4. The van der Waals surface area contributed by atoms with Crippen LogP contribution in [0.4, 0.5) is 0 Å². The summed E-state index contributed by atoms with van der Waals surface area (Å²) < 4.78 is 28.8. The predicted octanol–water partition coefficient (Wildman–Crippen LogP) is 1.99. The van der Waals surface area contributed by atoms with Gasteiger partial charge in [-0.1, -0.05) is 17.7 Å². The molecule has 0 radical (unpaired) electrons. The van der Waals surface area contributed by atoms with Gasteiger partial charge in [-0.15, -0.1) is 0 Å². The SMILES string of the molecule is CC(=O)c1cc(CNCCCNS(=O)(=O)c2ccc(C)cc2)n(C)c1. The number of Topliss-reactive ketones (excluding diaryl/α,β-unsaturated/α-hetero) is 1. The van der Waals surface area contributed by atoms with Crippen LogP contribution in [0.2, 0.25) is 0 Å². The molecule has 1 heterocycles. The van der Waals surface area contributed by atoms with Gasteiger partial charge in [0.1, 0.15) is 0 Å². The van der Waals surface area contributed by atoms with Gasteiger partial charge in [-0.3, -0.25) is 4.79 Å². The zero-order valence-corrected chi connectivity index (χ0v) is 15.7. The first-order valence-electron chi connectivity index (χ1n) is 8.23. The highest BCUT2D eigenvalue weighted by atomic mass is 32.2. The van der Waals surface area contributed by atoms with Crippen LogP contribution >= 0.6 is 0 Å². The smallest absolute Gasteiger partial charge is 0.240 e. The quantitative estimate of drug-likeness (QED) is 0.527. The molecule has 2 rings (SSSR count). The first-order chi connectivity index (χ1) is 11.8. The largest absolute Gasteiger partial charge is 0.353 e. The summed E-state index contributed by atoms with van der Waals surface area (Å²) in [6.45, 7) is 5.15. The maximum atomic E-state index is 12.1. The van der Waals surface area contributed by atoms with Gasteiger partial charge in [0.15, 0.2) is 5.78 Å². The standard InChI is InChI=1S/C18H25N3O3S/c1-14-5-7-18(8-6-14)25(23,24)20-10-4-9-19-12-17-11-16(15(2)22)13-21(17)3/h5-8,11,13,19-20H,4,9-10,12H2,1-3H3. The van der Waals surface area contributed by atoms with Gasteiger partial charge in [0.25, 0.3) is 0 Å². The Bertz CT molecular complexity index is 824. The van der Waals surface area contributed by atoms with E-state index in [1.54, 1.807) is 31.2 Å². The van der Waals surface area contributed by atoms with Gasteiger partial charge >= 0.3 is 0 Å². The summed E-state index contributed by atoms with van der Waals surface area (Å²) in [6.07, 6.45) is 2.49. The number of hydrogen-bond acceptors (Lipinski definition) is 4. The van der Waals surface area contributed by atoms with E-state index in [1.807, 2.05) is 30.8 Å². The zero-order chi connectivity index (χ0) is 18.4. The summed E-state index contributed by atoms with van der Waals surface area (Å²) in [5.41, 5.74) is 2.74. The predicted molar refractivity (Wildman–Crippen MR) is 98.1 cm³/mol. The highest BCUT2D eigenvalue weighted by Crippen LogP contribution is 2.10. The second-order valence-corrected chi connectivity index (χ2v) is 7.90. The Morgan fingerprint density at radius 1 is 1.16 bits per heavy atom. The number of rotatable bonds is 9. The van der Waals surface area contributed by atoms with Crippen molar-refractivity contribution in [3.8, 4) is 0 Å².